The van der Waals surface area contributed by atoms with Gasteiger partial charge in [0, 0.05) is 30.5 Å². The first kappa shape index (κ1) is 18.1. The lowest BCUT2D eigenvalue weighted by molar-refractivity contribution is 0.0303. The lowest BCUT2D eigenvalue weighted by Gasteiger charge is -2.26. The Hall–Kier alpha value is -2.73. The Morgan fingerprint density at radius 1 is 1.15 bits per heavy atom. The van der Waals surface area contributed by atoms with Crippen LogP contribution in [-0.4, -0.2) is 48.0 Å². The number of carbonyl (C=O) groups is 2. The molecule has 0 spiro atoms. The Kier molecular flexibility index (Phi) is 5.63. The maximum Gasteiger partial charge on any atom is 0.274 e. The van der Waals surface area contributed by atoms with E-state index in [0.717, 1.165) is 11.3 Å². The van der Waals surface area contributed by atoms with E-state index in [4.69, 9.17) is 4.74 Å². The first-order valence-corrected chi connectivity index (χ1v) is 8.79. The second-order valence-corrected chi connectivity index (χ2v) is 6.53. The van der Waals surface area contributed by atoms with Crippen LogP contribution in [-0.2, 0) is 4.74 Å². The molecular weight excluding hydrogens is 330 g/mol. The third-order valence-corrected chi connectivity index (χ3v) is 4.37. The van der Waals surface area contributed by atoms with Crippen molar-refractivity contribution in [3.8, 4) is 0 Å². The summed E-state index contributed by atoms with van der Waals surface area (Å²) in [6, 6.07) is 10.9. The number of ether oxygens (including phenoxy) is 1. The van der Waals surface area contributed by atoms with Crippen molar-refractivity contribution >= 4 is 17.5 Å². The average molecular weight is 353 g/mol. The number of nitrogens with zero attached hydrogens (tertiary/aromatic N) is 2. The van der Waals surface area contributed by atoms with Gasteiger partial charge in [-0.15, -0.1) is 0 Å². The molecule has 136 valence electrons. The zero-order chi connectivity index (χ0) is 18.5. The van der Waals surface area contributed by atoms with Crippen molar-refractivity contribution in [2.75, 3.05) is 31.6 Å². The molecule has 2 heterocycles. The second-order valence-electron chi connectivity index (χ2n) is 6.53. The van der Waals surface area contributed by atoms with Crippen LogP contribution in [0, 0.1) is 0 Å². The summed E-state index contributed by atoms with van der Waals surface area (Å²) >= 11 is 0. The van der Waals surface area contributed by atoms with Gasteiger partial charge in [-0.1, -0.05) is 32.0 Å². The Morgan fingerprint density at radius 3 is 2.62 bits per heavy atom. The summed E-state index contributed by atoms with van der Waals surface area (Å²) in [6.45, 7) is 6.34. The van der Waals surface area contributed by atoms with Gasteiger partial charge in [-0.25, -0.2) is 0 Å². The number of para-hydroxylation sites is 1. The minimum Gasteiger partial charge on any atom is -0.378 e. The highest BCUT2D eigenvalue weighted by molar-refractivity contribution is 6.05. The number of nitrogens with one attached hydrogen (secondary N) is 1. The smallest absolute Gasteiger partial charge is 0.274 e. The van der Waals surface area contributed by atoms with Gasteiger partial charge in [0.05, 0.1) is 13.2 Å². The molecule has 6 nitrogen and oxygen atoms in total. The lowest BCUT2D eigenvalue weighted by atomic mass is 10.0. The first-order chi connectivity index (χ1) is 12.6. The fourth-order valence-corrected chi connectivity index (χ4v) is 2.94. The van der Waals surface area contributed by atoms with Crippen LogP contribution >= 0.6 is 0 Å². The molecule has 0 unspecified atom stereocenters. The third-order valence-electron chi connectivity index (χ3n) is 4.37. The van der Waals surface area contributed by atoms with E-state index < -0.39 is 0 Å². The van der Waals surface area contributed by atoms with Crippen molar-refractivity contribution in [3.05, 3.63) is 59.4 Å². The first-order valence-electron chi connectivity index (χ1n) is 8.79. The second kappa shape index (κ2) is 8.10. The van der Waals surface area contributed by atoms with E-state index in [1.54, 1.807) is 17.0 Å². The molecule has 26 heavy (non-hydrogen) atoms. The van der Waals surface area contributed by atoms with Gasteiger partial charge in [0.15, 0.2) is 0 Å². The summed E-state index contributed by atoms with van der Waals surface area (Å²) in [4.78, 5) is 31.1. The van der Waals surface area contributed by atoms with Crippen molar-refractivity contribution in [1.29, 1.82) is 0 Å². The molecule has 0 bridgehead atoms. The number of aromatic nitrogens is 1. The fraction of sp³-hybridized carbons (Fsp3) is 0.350. The maximum atomic E-state index is 12.6. The SMILES string of the molecule is CC(C)c1ccccc1NC(=O)c1cc(C(=O)N2CCOCC2)ccn1. The summed E-state index contributed by atoms with van der Waals surface area (Å²) in [7, 11) is 0. The van der Waals surface area contributed by atoms with Crippen LogP contribution in [0.25, 0.3) is 0 Å². The molecule has 1 aromatic heterocycles. The van der Waals surface area contributed by atoms with Gasteiger partial charge in [0.2, 0.25) is 0 Å². The predicted molar refractivity (Wildman–Crippen MR) is 99.4 cm³/mol. The zero-order valence-corrected chi connectivity index (χ0v) is 15.1. The summed E-state index contributed by atoms with van der Waals surface area (Å²) in [5.41, 5.74) is 2.51. The van der Waals surface area contributed by atoms with E-state index >= 15 is 0 Å². The third kappa shape index (κ3) is 4.08. The standard InChI is InChI=1S/C20H23N3O3/c1-14(2)16-5-3-4-6-17(16)22-19(24)18-13-15(7-8-21-18)20(25)23-9-11-26-12-10-23/h3-8,13-14H,9-12H2,1-2H3,(H,22,24). The monoisotopic (exact) mass is 353 g/mol. The number of hydrogen-bond acceptors (Lipinski definition) is 4. The number of benzene rings is 1. The molecule has 2 amide bonds. The molecule has 2 aromatic rings. The van der Waals surface area contributed by atoms with E-state index in [1.165, 1.54) is 6.20 Å². The molecular formula is C20H23N3O3. The van der Waals surface area contributed by atoms with Crippen LogP contribution in [0.15, 0.2) is 42.6 Å². The molecule has 6 heteroatoms. The van der Waals surface area contributed by atoms with Crippen LogP contribution < -0.4 is 5.32 Å². The number of morpholine rings is 1. The van der Waals surface area contributed by atoms with Gasteiger partial charge in [-0.2, -0.15) is 0 Å². The highest BCUT2D eigenvalue weighted by Gasteiger charge is 2.20. The minimum absolute atomic E-state index is 0.104. The highest BCUT2D eigenvalue weighted by Crippen LogP contribution is 2.24. The molecule has 3 rings (SSSR count). The molecule has 1 saturated heterocycles. The van der Waals surface area contributed by atoms with Crippen LogP contribution in [0.4, 0.5) is 5.69 Å². The number of anilines is 1. The van der Waals surface area contributed by atoms with Crippen LogP contribution in [0.2, 0.25) is 0 Å². The largest absolute Gasteiger partial charge is 0.378 e. The summed E-state index contributed by atoms with van der Waals surface area (Å²) < 4.78 is 5.27. The van der Waals surface area contributed by atoms with Gasteiger partial charge in [0.1, 0.15) is 5.69 Å². The maximum absolute atomic E-state index is 12.6. The quantitative estimate of drug-likeness (QED) is 0.917. The van der Waals surface area contributed by atoms with Crippen molar-refractivity contribution in [3.63, 3.8) is 0 Å². The normalized spacial score (nSPS) is 14.3. The van der Waals surface area contributed by atoms with Gasteiger partial charge < -0.3 is 15.0 Å². The van der Waals surface area contributed by atoms with E-state index in [9.17, 15) is 9.59 Å². The summed E-state index contributed by atoms with van der Waals surface area (Å²) in [6.07, 6.45) is 1.50. The van der Waals surface area contributed by atoms with E-state index in [-0.39, 0.29) is 23.4 Å². The molecule has 1 aliphatic heterocycles. The topological polar surface area (TPSA) is 71.5 Å². The van der Waals surface area contributed by atoms with Crippen LogP contribution in [0.3, 0.4) is 0 Å². The summed E-state index contributed by atoms with van der Waals surface area (Å²) in [5, 5.41) is 2.91. The Morgan fingerprint density at radius 2 is 1.88 bits per heavy atom. The van der Waals surface area contributed by atoms with E-state index in [1.807, 2.05) is 24.3 Å². The highest BCUT2D eigenvalue weighted by atomic mass is 16.5. The van der Waals surface area contributed by atoms with E-state index in [0.29, 0.717) is 31.9 Å². The Bertz CT molecular complexity index is 798. The van der Waals surface area contributed by atoms with Crippen LogP contribution in [0.1, 0.15) is 46.2 Å². The minimum atomic E-state index is -0.324. The summed E-state index contributed by atoms with van der Waals surface area (Å²) in [5.74, 6) is -0.143. The van der Waals surface area contributed by atoms with Gasteiger partial charge >= 0.3 is 0 Å². The van der Waals surface area contributed by atoms with Gasteiger partial charge in [-0.05, 0) is 29.7 Å². The molecule has 0 atom stereocenters. The molecule has 1 aromatic carbocycles. The molecule has 1 aliphatic rings. The van der Waals surface area contributed by atoms with Crippen LogP contribution in [0.5, 0.6) is 0 Å². The molecule has 0 saturated carbocycles. The van der Waals surface area contributed by atoms with Crippen molar-refractivity contribution in [2.24, 2.45) is 0 Å². The molecule has 1 fully saturated rings. The number of rotatable bonds is 4. The Labute approximate surface area is 153 Å². The number of amides is 2. The van der Waals surface area contributed by atoms with Gasteiger partial charge in [0.25, 0.3) is 11.8 Å². The molecule has 0 aliphatic carbocycles. The van der Waals surface area contributed by atoms with Crippen molar-refractivity contribution in [1.82, 2.24) is 9.88 Å². The number of pyridine rings is 1. The van der Waals surface area contributed by atoms with Gasteiger partial charge in [-0.3, -0.25) is 14.6 Å². The van der Waals surface area contributed by atoms with Crippen molar-refractivity contribution < 1.29 is 14.3 Å². The fourth-order valence-electron chi connectivity index (χ4n) is 2.94. The predicted octanol–water partition coefficient (Wildman–Crippen LogP) is 2.93. The number of carbonyl (C=O) groups excluding carboxylic acids is 2. The Balaban J connectivity index is 1.77. The average Bonchev–Trinajstić information content (AvgIpc) is 2.68. The molecule has 0 radical (unpaired) electrons. The van der Waals surface area contributed by atoms with E-state index in [2.05, 4.69) is 24.1 Å². The lowest BCUT2D eigenvalue weighted by Crippen LogP contribution is -2.40. The zero-order valence-electron chi connectivity index (χ0n) is 15.1. The van der Waals surface area contributed by atoms with Crippen molar-refractivity contribution in [2.45, 2.75) is 19.8 Å². The molecule has 1 N–H and O–H groups in total. The number of hydrogen-bond donors (Lipinski definition) is 1.